The second-order valence-electron chi connectivity index (χ2n) is 8.99. The molecule has 2 heterocycles. The summed E-state index contributed by atoms with van der Waals surface area (Å²) in [5.41, 5.74) is 0. The van der Waals surface area contributed by atoms with E-state index in [-0.39, 0.29) is 12.1 Å². The fourth-order valence-electron chi connectivity index (χ4n) is 4.75. The Labute approximate surface area is 188 Å². The summed E-state index contributed by atoms with van der Waals surface area (Å²) >= 11 is 1.51. The zero-order valence-corrected chi connectivity index (χ0v) is 19.3. The van der Waals surface area contributed by atoms with Gasteiger partial charge >= 0.3 is 6.03 Å². The lowest BCUT2D eigenvalue weighted by Gasteiger charge is -2.39. The lowest BCUT2D eigenvalue weighted by molar-refractivity contribution is 0.190. The molecule has 166 valence electrons. The second kappa shape index (κ2) is 9.84. The van der Waals surface area contributed by atoms with Gasteiger partial charge in [-0.05, 0) is 68.2 Å². The van der Waals surface area contributed by atoms with E-state index in [2.05, 4.69) is 37.7 Å². The van der Waals surface area contributed by atoms with Crippen molar-refractivity contribution in [3.8, 4) is 6.07 Å². The molecule has 0 radical (unpaired) electrons. The van der Waals surface area contributed by atoms with Crippen LogP contribution in [0.5, 0.6) is 0 Å². The molecule has 1 aromatic carbocycles. The van der Waals surface area contributed by atoms with Crippen molar-refractivity contribution in [1.82, 2.24) is 19.5 Å². The van der Waals surface area contributed by atoms with Crippen molar-refractivity contribution in [3.05, 3.63) is 24.3 Å². The largest absolute Gasteiger partial charge is 0.337 e. The lowest BCUT2D eigenvalue weighted by atomic mass is 9.84. The number of piperazine rings is 1. The molecule has 8 heteroatoms. The van der Waals surface area contributed by atoms with Crippen LogP contribution in [-0.2, 0) is 0 Å². The molecule has 31 heavy (non-hydrogen) atoms. The van der Waals surface area contributed by atoms with E-state index in [1.165, 1.54) is 35.5 Å². The molecule has 1 aromatic heterocycles. The van der Waals surface area contributed by atoms with Gasteiger partial charge < -0.3 is 15.1 Å². The minimum absolute atomic E-state index is 0.0109. The molecular weight excluding hydrogens is 408 g/mol. The third-order valence-corrected chi connectivity index (χ3v) is 7.50. The number of amides is 2. The summed E-state index contributed by atoms with van der Waals surface area (Å²) in [5, 5.41) is 14.1. The number of hydrogen-bond donors (Lipinski definition) is 1. The van der Waals surface area contributed by atoms with E-state index in [4.69, 9.17) is 0 Å². The molecule has 7 nitrogen and oxygen atoms in total. The van der Waals surface area contributed by atoms with E-state index in [1.54, 1.807) is 19.0 Å². The van der Waals surface area contributed by atoms with Crippen molar-refractivity contribution in [2.75, 3.05) is 45.2 Å². The van der Waals surface area contributed by atoms with E-state index in [0.29, 0.717) is 12.0 Å². The highest BCUT2D eigenvalue weighted by molar-refractivity contribution is 7.13. The van der Waals surface area contributed by atoms with E-state index in [9.17, 15) is 10.1 Å². The van der Waals surface area contributed by atoms with Gasteiger partial charge in [0, 0.05) is 45.2 Å². The van der Waals surface area contributed by atoms with Crippen LogP contribution >= 0.6 is 11.5 Å². The fraction of sp³-hybridized carbons (Fsp3) is 0.609. The number of aromatic nitrogens is 1. The van der Waals surface area contributed by atoms with Crippen LogP contribution < -0.4 is 10.2 Å². The van der Waals surface area contributed by atoms with Crippen LogP contribution in [0.2, 0.25) is 0 Å². The van der Waals surface area contributed by atoms with Gasteiger partial charge in [-0.3, -0.25) is 4.90 Å². The van der Waals surface area contributed by atoms with E-state index in [1.807, 2.05) is 12.1 Å². The lowest BCUT2D eigenvalue weighted by Crippen LogP contribution is -2.53. The fourth-order valence-corrected chi connectivity index (χ4v) is 5.54. The first-order valence-corrected chi connectivity index (χ1v) is 12.0. The molecule has 2 fully saturated rings. The van der Waals surface area contributed by atoms with Gasteiger partial charge in [0.2, 0.25) is 0 Å². The van der Waals surface area contributed by atoms with Gasteiger partial charge in [-0.1, -0.05) is 12.1 Å². The molecule has 1 unspecified atom stereocenters. The molecule has 0 bridgehead atoms. The van der Waals surface area contributed by atoms with Gasteiger partial charge in [-0.15, -0.1) is 0 Å². The molecule has 1 saturated heterocycles. The number of carbonyl (C=O) groups excluding carboxylic acids is 1. The number of rotatable bonds is 5. The van der Waals surface area contributed by atoms with Crippen LogP contribution in [0, 0.1) is 17.2 Å². The van der Waals surface area contributed by atoms with Gasteiger partial charge in [0.25, 0.3) is 0 Å². The number of nitrogens with zero attached hydrogens (tertiary/aromatic N) is 5. The summed E-state index contributed by atoms with van der Waals surface area (Å²) < 4.78 is 5.84. The Bertz CT molecular complexity index is 930. The van der Waals surface area contributed by atoms with E-state index >= 15 is 0 Å². The highest BCUT2D eigenvalue weighted by atomic mass is 32.1. The maximum absolute atomic E-state index is 11.8. The molecule has 4 rings (SSSR count). The van der Waals surface area contributed by atoms with Gasteiger partial charge in [-0.25, -0.2) is 4.79 Å². The molecule has 1 atom stereocenters. The van der Waals surface area contributed by atoms with Crippen molar-refractivity contribution in [2.24, 2.45) is 5.92 Å². The Kier molecular flexibility index (Phi) is 6.93. The van der Waals surface area contributed by atoms with E-state index < -0.39 is 0 Å². The number of benzene rings is 1. The molecular formula is C23H32N6OS. The topological polar surface area (TPSA) is 75.5 Å². The Morgan fingerprint density at radius 1 is 1.26 bits per heavy atom. The number of carbonyl (C=O) groups is 1. The first-order valence-electron chi connectivity index (χ1n) is 11.3. The number of hydrogen-bond acceptors (Lipinski definition) is 6. The Balaban J connectivity index is 1.26. The maximum Gasteiger partial charge on any atom is 0.317 e. The predicted molar refractivity (Wildman–Crippen MR) is 125 cm³/mol. The number of urea groups is 1. The average Bonchev–Trinajstić information content (AvgIpc) is 3.22. The monoisotopic (exact) mass is 440 g/mol. The van der Waals surface area contributed by atoms with Crippen LogP contribution in [-0.4, -0.2) is 72.6 Å². The molecule has 0 spiro atoms. The van der Waals surface area contributed by atoms with Crippen molar-refractivity contribution in [2.45, 2.75) is 44.2 Å². The molecule has 1 aliphatic carbocycles. The van der Waals surface area contributed by atoms with Gasteiger partial charge in [0.1, 0.15) is 6.04 Å². The predicted octanol–water partition coefficient (Wildman–Crippen LogP) is 3.53. The average molecular weight is 441 g/mol. The van der Waals surface area contributed by atoms with Gasteiger partial charge in [0.15, 0.2) is 5.82 Å². The molecule has 2 aromatic rings. The standard InChI is InChI=1S/C23H32N6OS/c1-27(2)23(30)25-18-9-7-17(8-10-18)11-12-28-13-14-29(19(15-24)16-28)22-20-5-3-4-6-21(20)31-26-22/h3-6,17-19H,7-14,16H2,1-2H3,(H,25,30). The SMILES string of the molecule is CN(C)C(=O)NC1CCC(CCN2CCN(c3nsc4ccccc34)C(C#N)C2)CC1. The third-order valence-electron chi connectivity index (χ3n) is 6.68. The van der Waals surface area contributed by atoms with Crippen LogP contribution in [0.1, 0.15) is 32.1 Å². The molecule has 2 aliphatic rings. The Hall–Kier alpha value is -2.37. The number of fused-ring (bicyclic) bond motifs is 1. The first kappa shape index (κ1) is 21.8. The smallest absolute Gasteiger partial charge is 0.317 e. The molecule has 1 aliphatic heterocycles. The maximum atomic E-state index is 11.8. The highest BCUT2D eigenvalue weighted by Gasteiger charge is 2.30. The number of anilines is 1. The summed E-state index contributed by atoms with van der Waals surface area (Å²) in [6.45, 7) is 3.63. The summed E-state index contributed by atoms with van der Waals surface area (Å²) in [5.74, 6) is 1.68. The molecule has 1 saturated carbocycles. The summed E-state index contributed by atoms with van der Waals surface area (Å²) in [4.78, 5) is 18.1. The van der Waals surface area contributed by atoms with Crippen LogP contribution in [0.25, 0.3) is 10.1 Å². The minimum atomic E-state index is -0.156. The Morgan fingerprint density at radius 2 is 2.03 bits per heavy atom. The zero-order chi connectivity index (χ0) is 21.8. The third kappa shape index (κ3) is 5.10. The summed E-state index contributed by atoms with van der Waals surface area (Å²) in [6.07, 6.45) is 5.65. The Morgan fingerprint density at radius 3 is 2.77 bits per heavy atom. The summed E-state index contributed by atoms with van der Waals surface area (Å²) in [7, 11) is 3.57. The van der Waals surface area contributed by atoms with Gasteiger partial charge in [-0.2, -0.15) is 9.64 Å². The van der Waals surface area contributed by atoms with Crippen molar-refractivity contribution >= 4 is 33.5 Å². The van der Waals surface area contributed by atoms with Crippen molar-refractivity contribution in [3.63, 3.8) is 0 Å². The number of nitrogens with one attached hydrogen (secondary N) is 1. The number of nitriles is 1. The second-order valence-corrected chi connectivity index (χ2v) is 9.80. The van der Waals surface area contributed by atoms with Gasteiger partial charge in [0.05, 0.1) is 10.8 Å². The van der Waals surface area contributed by atoms with Crippen LogP contribution in [0.4, 0.5) is 10.6 Å². The van der Waals surface area contributed by atoms with Crippen molar-refractivity contribution < 1.29 is 4.79 Å². The summed E-state index contributed by atoms with van der Waals surface area (Å²) in [6, 6.07) is 10.9. The minimum Gasteiger partial charge on any atom is -0.337 e. The first-order chi connectivity index (χ1) is 15.0. The molecule has 1 N–H and O–H groups in total. The van der Waals surface area contributed by atoms with Crippen LogP contribution in [0.3, 0.4) is 0 Å². The van der Waals surface area contributed by atoms with E-state index in [0.717, 1.165) is 50.2 Å². The quantitative estimate of drug-likeness (QED) is 0.770. The highest BCUT2D eigenvalue weighted by Crippen LogP contribution is 2.32. The molecule has 2 amide bonds. The van der Waals surface area contributed by atoms with Crippen molar-refractivity contribution in [1.29, 1.82) is 5.26 Å². The zero-order valence-electron chi connectivity index (χ0n) is 18.5. The normalized spacial score (nSPS) is 24.7. The van der Waals surface area contributed by atoms with Crippen LogP contribution in [0.15, 0.2) is 24.3 Å².